The lowest BCUT2D eigenvalue weighted by Gasteiger charge is -2.09. The van der Waals surface area contributed by atoms with E-state index in [9.17, 15) is 10.1 Å². The topological polar surface area (TPSA) is 78.0 Å². The van der Waals surface area contributed by atoms with Crippen molar-refractivity contribution in [3.05, 3.63) is 28.6 Å². The minimum Gasteiger partial charge on any atom is -0.396 e. The maximum Gasteiger partial charge on any atom is 0.261 e. The van der Waals surface area contributed by atoms with Gasteiger partial charge in [0.1, 0.15) is 11.6 Å². The van der Waals surface area contributed by atoms with Gasteiger partial charge in [-0.3, -0.25) is 4.79 Å². The molecule has 1 amide bonds. The van der Waals surface area contributed by atoms with Crippen LogP contribution in [0.25, 0.3) is 6.08 Å². The van der Waals surface area contributed by atoms with Crippen molar-refractivity contribution < 1.29 is 9.90 Å². The average Bonchev–Trinajstić information content (AvgIpc) is 2.81. The number of unbranched alkanes of at least 4 members (excludes halogenated alkanes) is 1. The van der Waals surface area contributed by atoms with Gasteiger partial charge in [0.05, 0.1) is 0 Å². The molecule has 1 heterocycles. The zero-order valence-corrected chi connectivity index (χ0v) is 14.5. The van der Waals surface area contributed by atoms with E-state index in [1.165, 1.54) is 0 Å². The summed E-state index contributed by atoms with van der Waals surface area (Å²) < 4.78 is 2.22. The van der Waals surface area contributed by atoms with E-state index in [-0.39, 0.29) is 18.1 Å². The molecule has 0 saturated carbocycles. The molecule has 0 saturated heterocycles. The normalized spacial score (nSPS) is 12.8. The van der Waals surface area contributed by atoms with Gasteiger partial charge >= 0.3 is 0 Å². The van der Waals surface area contributed by atoms with Gasteiger partial charge in [-0.25, -0.2) is 0 Å². The molecule has 0 aliphatic heterocycles. The van der Waals surface area contributed by atoms with Gasteiger partial charge in [0.2, 0.25) is 0 Å². The quantitative estimate of drug-likeness (QED) is 0.571. The van der Waals surface area contributed by atoms with Crippen LogP contribution in [0.15, 0.2) is 11.6 Å². The van der Waals surface area contributed by atoms with Crippen LogP contribution in [0.4, 0.5) is 0 Å². The van der Waals surface area contributed by atoms with Crippen molar-refractivity contribution in [2.75, 3.05) is 13.2 Å². The first-order valence-corrected chi connectivity index (χ1v) is 8.12. The number of rotatable bonds is 8. The van der Waals surface area contributed by atoms with Crippen molar-refractivity contribution >= 4 is 12.0 Å². The summed E-state index contributed by atoms with van der Waals surface area (Å²) in [6.07, 6.45) is 3.87. The highest BCUT2D eigenvalue weighted by Gasteiger charge is 2.13. The van der Waals surface area contributed by atoms with Crippen molar-refractivity contribution in [3.63, 3.8) is 0 Å². The molecular weight excluding hydrogens is 290 g/mol. The lowest BCUT2D eigenvalue weighted by Crippen LogP contribution is -2.30. The first-order valence-electron chi connectivity index (χ1n) is 8.12. The second kappa shape index (κ2) is 9.16. The van der Waals surface area contributed by atoms with Crippen LogP contribution >= 0.6 is 0 Å². The van der Waals surface area contributed by atoms with E-state index in [0.717, 1.165) is 36.3 Å². The van der Waals surface area contributed by atoms with E-state index in [2.05, 4.69) is 16.8 Å². The Balaban J connectivity index is 2.94. The predicted octanol–water partition coefficient (Wildman–Crippen LogP) is 2.56. The Morgan fingerprint density at radius 1 is 1.52 bits per heavy atom. The van der Waals surface area contributed by atoms with Crippen molar-refractivity contribution in [1.29, 1.82) is 5.26 Å². The standard InChI is InChI=1S/C18H27N3O2/c1-5-6-7-21-14(3)8-16(15(21)4)9-17(10-19)18(23)20-11-13(2)12-22/h8-9,13,22H,5-7,11-12H2,1-4H3,(H,20,23)/b17-9-. The van der Waals surface area contributed by atoms with E-state index in [4.69, 9.17) is 5.11 Å². The van der Waals surface area contributed by atoms with Crippen molar-refractivity contribution in [1.82, 2.24) is 9.88 Å². The van der Waals surface area contributed by atoms with Crippen molar-refractivity contribution in [2.24, 2.45) is 5.92 Å². The van der Waals surface area contributed by atoms with E-state index in [1.807, 2.05) is 32.9 Å². The van der Waals surface area contributed by atoms with E-state index in [1.54, 1.807) is 6.08 Å². The summed E-state index contributed by atoms with van der Waals surface area (Å²) >= 11 is 0. The maximum atomic E-state index is 12.1. The molecule has 5 nitrogen and oxygen atoms in total. The highest BCUT2D eigenvalue weighted by atomic mass is 16.3. The number of hydrogen-bond acceptors (Lipinski definition) is 3. The summed E-state index contributed by atoms with van der Waals surface area (Å²) in [7, 11) is 0. The Kier molecular flexibility index (Phi) is 7.56. The zero-order valence-electron chi connectivity index (χ0n) is 14.5. The Labute approximate surface area is 138 Å². The minimum absolute atomic E-state index is 0.00443. The van der Waals surface area contributed by atoms with Crippen molar-refractivity contribution in [3.8, 4) is 6.07 Å². The Morgan fingerprint density at radius 3 is 2.78 bits per heavy atom. The fraction of sp³-hybridized carbons (Fsp3) is 0.556. The predicted molar refractivity (Wildman–Crippen MR) is 91.7 cm³/mol. The number of carbonyl (C=O) groups excluding carboxylic acids is 1. The van der Waals surface area contributed by atoms with Crippen LogP contribution in [-0.4, -0.2) is 28.7 Å². The molecule has 0 aliphatic carbocycles. The molecule has 1 atom stereocenters. The van der Waals surface area contributed by atoms with Crippen molar-refractivity contribution in [2.45, 2.75) is 47.1 Å². The zero-order chi connectivity index (χ0) is 17.4. The number of aromatic nitrogens is 1. The lowest BCUT2D eigenvalue weighted by molar-refractivity contribution is -0.117. The molecule has 0 aliphatic rings. The highest BCUT2D eigenvalue weighted by Crippen LogP contribution is 2.19. The number of aliphatic hydroxyl groups is 1. The van der Waals surface area contributed by atoms with E-state index in [0.29, 0.717) is 6.54 Å². The average molecular weight is 317 g/mol. The number of aryl methyl sites for hydroxylation is 1. The third kappa shape index (κ3) is 5.26. The Bertz CT molecular complexity index is 609. The number of aliphatic hydroxyl groups excluding tert-OH is 1. The van der Waals surface area contributed by atoms with Gasteiger partial charge in [0.25, 0.3) is 5.91 Å². The fourth-order valence-electron chi connectivity index (χ4n) is 2.36. The highest BCUT2D eigenvalue weighted by molar-refractivity contribution is 6.01. The summed E-state index contributed by atoms with van der Waals surface area (Å²) in [6, 6.07) is 3.97. The third-order valence-corrected chi connectivity index (χ3v) is 3.94. The summed E-state index contributed by atoms with van der Waals surface area (Å²) in [5.41, 5.74) is 3.19. The molecule has 2 N–H and O–H groups in total. The van der Waals surface area contributed by atoms with Gasteiger partial charge in [0, 0.05) is 31.1 Å². The van der Waals surface area contributed by atoms with Crippen LogP contribution < -0.4 is 5.32 Å². The number of nitrogens with zero attached hydrogens (tertiary/aromatic N) is 2. The monoisotopic (exact) mass is 317 g/mol. The van der Waals surface area contributed by atoms with Gasteiger partial charge in [-0.15, -0.1) is 0 Å². The van der Waals surface area contributed by atoms with Gasteiger partial charge in [-0.1, -0.05) is 20.3 Å². The first-order chi connectivity index (χ1) is 10.9. The molecule has 23 heavy (non-hydrogen) atoms. The van der Waals surface area contributed by atoms with Crippen LogP contribution in [0.2, 0.25) is 0 Å². The van der Waals surface area contributed by atoms with Gasteiger partial charge < -0.3 is 15.0 Å². The van der Waals surface area contributed by atoms with Crippen LogP contribution in [0, 0.1) is 31.1 Å². The summed E-state index contributed by atoms with van der Waals surface area (Å²) in [4.78, 5) is 12.1. The Hall–Kier alpha value is -2.06. The molecule has 0 fully saturated rings. The SMILES string of the molecule is CCCCn1c(C)cc(/C=C(/C#N)C(=O)NCC(C)CO)c1C. The van der Waals surface area contributed by atoms with Gasteiger partial charge in [0.15, 0.2) is 0 Å². The summed E-state index contributed by atoms with van der Waals surface area (Å²) in [6.45, 7) is 9.33. The molecule has 1 unspecified atom stereocenters. The molecule has 1 aromatic rings. The minimum atomic E-state index is -0.397. The maximum absolute atomic E-state index is 12.1. The lowest BCUT2D eigenvalue weighted by atomic mass is 10.1. The largest absolute Gasteiger partial charge is 0.396 e. The van der Waals surface area contributed by atoms with E-state index < -0.39 is 5.91 Å². The number of amides is 1. The first kappa shape index (κ1) is 19.0. The molecule has 1 rings (SSSR count). The van der Waals surface area contributed by atoms with Crippen LogP contribution in [0.5, 0.6) is 0 Å². The second-order valence-electron chi connectivity index (χ2n) is 6.00. The number of nitriles is 1. The summed E-state index contributed by atoms with van der Waals surface area (Å²) in [5, 5.41) is 20.9. The Morgan fingerprint density at radius 2 is 2.22 bits per heavy atom. The fourth-order valence-corrected chi connectivity index (χ4v) is 2.36. The molecule has 5 heteroatoms. The van der Waals surface area contributed by atoms with Crippen LogP contribution in [0.3, 0.4) is 0 Å². The number of carbonyl (C=O) groups is 1. The van der Waals surface area contributed by atoms with Crippen LogP contribution in [0.1, 0.15) is 43.6 Å². The third-order valence-electron chi connectivity index (χ3n) is 3.94. The molecule has 0 spiro atoms. The van der Waals surface area contributed by atoms with Gasteiger partial charge in [-0.05, 0) is 43.9 Å². The second-order valence-corrected chi connectivity index (χ2v) is 6.00. The molecule has 0 bridgehead atoms. The molecule has 126 valence electrons. The molecule has 0 aromatic carbocycles. The number of nitrogens with one attached hydrogen (secondary N) is 1. The van der Waals surface area contributed by atoms with Crippen LogP contribution in [-0.2, 0) is 11.3 Å². The molecule has 0 radical (unpaired) electrons. The van der Waals surface area contributed by atoms with Gasteiger partial charge in [-0.2, -0.15) is 5.26 Å². The smallest absolute Gasteiger partial charge is 0.261 e. The molecular formula is C18H27N3O2. The van der Waals surface area contributed by atoms with E-state index >= 15 is 0 Å². The number of hydrogen-bond donors (Lipinski definition) is 2. The molecule has 1 aromatic heterocycles. The summed E-state index contributed by atoms with van der Waals surface area (Å²) in [5.74, 6) is -0.427.